The molecule has 104 valence electrons. The van der Waals surface area contributed by atoms with Gasteiger partial charge in [0.1, 0.15) is 0 Å². The Hall–Kier alpha value is -2.17. The third-order valence-corrected chi connectivity index (χ3v) is 3.78. The van der Waals surface area contributed by atoms with Crippen LogP contribution in [0, 0.1) is 5.92 Å². The number of hydrogen-bond donors (Lipinski definition) is 1. The summed E-state index contributed by atoms with van der Waals surface area (Å²) >= 11 is 0. The molecule has 1 heterocycles. The predicted molar refractivity (Wildman–Crippen MR) is 72.4 cm³/mol. The molecule has 0 unspecified atom stereocenters. The number of carboxylic acids is 1. The Bertz CT molecular complexity index is 598. The first-order chi connectivity index (χ1) is 9.72. The quantitative estimate of drug-likeness (QED) is 0.925. The second-order valence-corrected chi connectivity index (χ2v) is 5.24. The number of benzene rings is 1. The van der Waals surface area contributed by atoms with E-state index in [-0.39, 0.29) is 5.56 Å². The highest BCUT2D eigenvalue weighted by Crippen LogP contribution is 2.28. The van der Waals surface area contributed by atoms with Crippen molar-refractivity contribution in [3.8, 4) is 11.5 Å². The van der Waals surface area contributed by atoms with Gasteiger partial charge in [-0.25, -0.2) is 4.79 Å². The van der Waals surface area contributed by atoms with Crippen LogP contribution in [0.1, 0.15) is 41.9 Å². The summed E-state index contributed by atoms with van der Waals surface area (Å²) in [7, 11) is 0. The first-order valence-corrected chi connectivity index (χ1v) is 6.88. The molecule has 1 aromatic heterocycles. The van der Waals surface area contributed by atoms with Crippen LogP contribution < -0.4 is 0 Å². The third kappa shape index (κ3) is 2.71. The van der Waals surface area contributed by atoms with Crippen molar-refractivity contribution in [1.82, 2.24) is 10.2 Å². The minimum absolute atomic E-state index is 0.249. The smallest absolute Gasteiger partial charge is 0.335 e. The van der Waals surface area contributed by atoms with Gasteiger partial charge in [0, 0.05) is 12.0 Å². The maximum absolute atomic E-state index is 10.8. The maximum Gasteiger partial charge on any atom is 0.335 e. The first-order valence-electron chi connectivity index (χ1n) is 6.88. The van der Waals surface area contributed by atoms with E-state index >= 15 is 0 Å². The van der Waals surface area contributed by atoms with Gasteiger partial charge in [-0.2, -0.15) is 0 Å². The van der Waals surface area contributed by atoms with E-state index in [4.69, 9.17) is 9.52 Å². The number of aromatic carboxylic acids is 1. The Kier molecular flexibility index (Phi) is 3.50. The molecule has 0 radical (unpaired) electrons. The fraction of sp³-hybridized carbons (Fsp3) is 0.400. The lowest BCUT2D eigenvalue weighted by molar-refractivity contribution is 0.0697. The lowest BCUT2D eigenvalue weighted by atomic mass is 10.0. The predicted octanol–water partition coefficient (Wildman–Crippen LogP) is 3.17. The molecule has 1 aliphatic carbocycles. The van der Waals surface area contributed by atoms with Gasteiger partial charge in [-0.3, -0.25) is 0 Å². The Morgan fingerprint density at radius 1 is 1.20 bits per heavy atom. The zero-order valence-electron chi connectivity index (χ0n) is 11.1. The summed E-state index contributed by atoms with van der Waals surface area (Å²) in [6, 6.07) is 6.46. The van der Waals surface area contributed by atoms with Gasteiger partial charge in [-0.15, -0.1) is 10.2 Å². The van der Waals surface area contributed by atoms with Crippen LogP contribution in [0.3, 0.4) is 0 Å². The van der Waals surface area contributed by atoms with Gasteiger partial charge in [0.25, 0.3) is 0 Å². The van der Waals surface area contributed by atoms with Crippen LogP contribution in [-0.2, 0) is 6.42 Å². The van der Waals surface area contributed by atoms with Crippen LogP contribution in [-0.4, -0.2) is 21.3 Å². The van der Waals surface area contributed by atoms with Crippen LogP contribution in [0.15, 0.2) is 28.7 Å². The van der Waals surface area contributed by atoms with Gasteiger partial charge in [-0.1, -0.05) is 12.8 Å². The van der Waals surface area contributed by atoms with Gasteiger partial charge in [0.2, 0.25) is 11.8 Å². The third-order valence-electron chi connectivity index (χ3n) is 3.78. The largest absolute Gasteiger partial charge is 0.478 e. The highest BCUT2D eigenvalue weighted by Gasteiger charge is 2.19. The fourth-order valence-electron chi connectivity index (χ4n) is 2.67. The monoisotopic (exact) mass is 272 g/mol. The summed E-state index contributed by atoms with van der Waals surface area (Å²) < 4.78 is 5.66. The van der Waals surface area contributed by atoms with Crippen molar-refractivity contribution in [2.24, 2.45) is 5.92 Å². The van der Waals surface area contributed by atoms with E-state index in [1.807, 2.05) is 0 Å². The van der Waals surface area contributed by atoms with Gasteiger partial charge in [-0.05, 0) is 43.0 Å². The Morgan fingerprint density at radius 3 is 2.55 bits per heavy atom. The highest BCUT2D eigenvalue weighted by molar-refractivity contribution is 5.88. The molecule has 1 aliphatic rings. The second-order valence-electron chi connectivity index (χ2n) is 5.24. The SMILES string of the molecule is O=C(O)c1ccc(-c2nnc(CC3CCCC3)o2)cc1. The second kappa shape index (κ2) is 5.45. The van der Waals surface area contributed by atoms with Crippen molar-refractivity contribution in [2.45, 2.75) is 32.1 Å². The van der Waals surface area contributed by atoms with E-state index in [0.717, 1.165) is 12.0 Å². The molecule has 0 saturated heterocycles. The zero-order chi connectivity index (χ0) is 13.9. The van der Waals surface area contributed by atoms with E-state index in [1.165, 1.54) is 25.7 Å². The van der Waals surface area contributed by atoms with Crippen LogP contribution in [0.4, 0.5) is 0 Å². The van der Waals surface area contributed by atoms with Crippen molar-refractivity contribution < 1.29 is 14.3 Å². The molecule has 3 rings (SSSR count). The average molecular weight is 272 g/mol. The van der Waals surface area contributed by atoms with Gasteiger partial charge in [0.05, 0.1) is 5.56 Å². The molecule has 5 heteroatoms. The lowest BCUT2D eigenvalue weighted by Gasteiger charge is -2.03. The number of hydrogen-bond acceptors (Lipinski definition) is 4. The number of aromatic nitrogens is 2. The van der Waals surface area contributed by atoms with Gasteiger partial charge in [0.15, 0.2) is 0 Å². The summed E-state index contributed by atoms with van der Waals surface area (Å²) in [5, 5.41) is 17.0. The average Bonchev–Trinajstić information content (AvgIpc) is 3.11. The van der Waals surface area contributed by atoms with E-state index in [0.29, 0.717) is 17.7 Å². The van der Waals surface area contributed by atoms with Crippen molar-refractivity contribution in [2.75, 3.05) is 0 Å². The minimum Gasteiger partial charge on any atom is -0.478 e. The molecular weight excluding hydrogens is 256 g/mol. The number of carbonyl (C=O) groups is 1. The molecule has 0 aliphatic heterocycles. The molecule has 1 saturated carbocycles. The molecule has 0 atom stereocenters. The van der Waals surface area contributed by atoms with Crippen LogP contribution in [0.2, 0.25) is 0 Å². The van der Waals surface area contributed by atoms with Crippen molar-refractivity contribution in [1.29, 1.82) is 0 Å². The number of rotatable bonds is 4. The van der Waals surface area contributed by atoms with Crippen molar-refractivity contribution >= 4 is 5.97 Å². The van der Waals surface area contributed by atoms with E-state index in [1.54, 1.807) is 24.3 Å². The van der Waals surface area contributed by atoms with Crippen LogP contribution in [0.25, 0.3) is 11.5 Å². The molecule has 1 N–H and O–H groups in total. The summed E-state index contributed by atoms with van der Waals surface area (Å²) in [6.07, 6.45) is 5.92. The standard InChI is InChI=1S/C15H16N2O3/c18-15(19)12-7-5-11(6-8-12)14-17-16-13(20-14)9-10-3-1-2-4-10/h5-8,10H,1-4,9H2,(H,18,19). The topological polar surface area (TPSA) is 76.2 Å². The number of carboxylic acid groups (broad SMARTS) is 1. The zero-order valence-corrected chi connectivity index (χ0v) is 11.1. The molecule has 0 bridgehead atoms. The van der Waals surface area contributed by atoms with Crippen molar-refractivity contribution in [3.05, 3.63) is 35.7 Å². The summed E-state index contributed by atoms with van der Waals surface area (Å²) in [6.45, 7) is 0. The molecule has 20 heavy (non-hydrogen) atoms. The number of nitrogens with zero attached hydrogens (tertiary/aromatic N) is 2. The maximum atomic E-state index is 10.8. The molecule has 0 spiro atoms. The summed E-state index contributed by atoms with van der Waals surface area (Å²) in [4.78, 5) is 10.8. The lowest BCUT2D eigenvalue weighted by Crippen LogP contribution is -1.98. The van der Waals surface area contributed by atoms with E-state index in [2.05, 4.69) is 10.2 Å². The highest BCUT2D eigenvalue weighted by atomic mass is 16.4. The molecule has 0 amide bonds. The molecule has 2 aromatic rings. The summed E-state index contributed by atoms with van der Waals surface area (Å²) in [5.74, 6) is 0.853. The summed E-state index contributed by atoms with van der Waals surface area (Å²) in [5.41, 5.74) is 1.000. The molecule has 5 nitrogen and oxygen atoms in total. The molecular formula is C15H16N2O3. The van der Waals surface area contributed by atoms with Gasteiger partial charge < -0.3 is 9.52 Å². The molecule has 1 aromatic carbocycles. The minimum atomic E-state index is -0.941. The Morgan fingerprint density at radius 2 is 1.90 bits per heavy atom. The van der Waals surface area contributed by atoms with E-state index in [9.17, 15) is 4.79 Å². The van der Waals surface area contributed by atoms with Gasteiger partial charge >= 0.3 is 5.97 Å². The Balaban J connectivity index is 1.73. The van der Waals surface area contributed by atoms with E-state index < -0.39 is 5.97 Å². The van der Waals surface area contributed by atoms with Crippen LogP contribution in [0.5, 0.6) is 0 Å². The fourth-order valence-corrected chi connectivity index (χ4v) is 2.67. The Labute approximate surface area is 116 Å². The first kappa shape index (κ1) is 12.8. The normalized spacial score (nSPS) is 15.6. The molecule has 1 fully saturated rings. The van der Waals surface area contributed by atoms with Crippen molar-refractivity contribution in [3.63, 3.8) is 0 Å². The van der Waals surface area contributed by atoms with Crippen LogP contribution >= 0.6 is 0 Å².